The maximum atomic E-state index is 12.4. The van der Waals surface area contributed by atoms with Gasteiger partial charge in [0.25, 0.3) is 0 Å². The largest absolute Gasteiger partial charge is 0.497 e. The van der Waals surface area contributed by atoms with E-state index in [1.807, 2.05) is 61.5 Å². The fourth-order valence-electron chi connectivity index (χ4n) is 3.49. The molecule has 2 aromatic carbocycles. The van der Waals surface area contributed by atoms with Crippen LogP contribution in [0, 0.1) is 0 Å². The lowest BCUT2D eigenvalue weighted by molar-refractivity contribution is -0.147. The van der Waals surface area contributed by atoms with Gasteiger partial charge in [0.1, 0.15) is 17.6 Å². The number of carboxylic acids is 1. The smallest absolute Gasteiger partial charge is 0.325 e. The number of benzene rings is 2. The molecule has 0 bridgehead atoms. The number of carboxylic acid groups (broad SMARTS) is 1. The van der Waals surface area contributed by atoms with Crippen molar-refractivity contribution in [3.8, 4) is 5.75 Å². The van der Waals surface area contributed by atoms with Crippen LogP contribution < -0.4 is 10.1 Å². The van der Waals surface area contributed by atoms with Gasteiger partial charge in [-0.25, -0.2) is 0 Å². The van der Waals surface area contributed by atoms with Crippen molar-refractivity contribution in [1.82, 2.24) is 5.32 Å². The van der Waals surface area contributed by atoms with Crippen LogP contribution >= 0.6 is 0 Å². The van der Waals surface area contributed by atoms with Crippen LogP contribution in [-0.2, 0) is 16.1 Å². The third-order valence-corrected chi connectivity index (χ3v) is 4.90. The zero-order valence-corrected chi connectivity index (χ0v) is 15.9. The molecule has 144 valence electrons. The van der Waals surface area contributed by atoms with Gasteiger partial charge in [-0.15, -0.1) is 0 Å². The molecular weight excluding hydrogens is 342 g/mol. The lowest BCUT2D eigenvalue weighted by Gasteiger charge is -2.37. The Labute approximate surface area is 160 Å². The molecule has 0 spiro atoms. The van der Waals surface area contributed by atoms with Gasteiger partial charge in [-0.1, -0.05) is 55.8 Å². The SMILES string of the molecule is CCCC(c1ccccc1)C(CC=O)(NCc1cccc(OC)c1)C(=O)O. The van der Waals surface area contributed by atoms with Gasteiger partial charge < -0.3 is 14.6 Å². The van der Waals surface area contributed by atoms with Crippen molar-refractivity contribution in [2.75, 3.05) is 7.11 Å². The highest BCUT2D eigenvalue weighted by molar-refractivity contribution is 5.84. The van der Waals surface area contributed by atoms with Crippen LogP contribution in [0.4, 0.5) is 0 Å². The molecule has 0 amide bonds. The van der Waals surface area contributed by atoms with Gasteiger partial charge in [0, 0.05) is 18.9 Å². The maximum absolute atomic E-state index is 12.4. The summed E-state index contributed by atoms with van der Waals surface area (Å²) in [6.07, 6.45) is 2.06. The summed E-state index contributed by atoms with van der Waals surface area (Å²) in [5, 5.41) is 13.3. The van der Waals surface area contributed by atoms with Gasteiger partial charge in [-0.2, -0.15) is 0 Å². The Bertz CT molecular complexity index is 747. The van der Waals surface area contributed by atoms with E-state index in [9.17, 15) is 14.7 Å². The molecule has 2 rings (SSSR count). The molecular formula is C22H27NO4. The monoisotopic (exact) mass is 369 g/mol. The van der Waals surface area contributed by atoms with Crippen molar-refractivity contribution in [1.29, 1.82) is 0 Å². The third-order valence-electron chi connectivity index (χ3n) is 4.90. The Hall–Kier alpha value is -2.66. The Balaban J connectivity index is 2.40. The van der Waals surface area contributed by atoms with Crippen LogP contribution in [0.1, 0.15) is 43.2 Å². The predicted molar refractivity (Wildman–Crippen MR) is 105 cm³/mol. The molecule has 0 saturated carbocycles. The second kappa shape index (κ2) is 9.88. The first-order chi connectivity index (χ1) is 13.1. The summed E-state index contributed by atoms with van der Waals surface area (Å²) in [7, 11) is 1.59. The standard InChI is InChI=1S/C22H27NO4/c1-3-8-20(18-10-5-4-6-11-18)22(13-14-24,21(25)26)23-16-17-9-7-12-19(15-17)27-2/h4-7,9-12,14-15,20,23H,3,8,13,16H2,1-2H3,(H,25,26). The Morgan fingerprint density at radius 3 is 2.56 bits per heavy atom. The summed E-state index contributed by atoms with van der Waals surface area (Å²) in [5.41, 5.74) is 0.443. The molecule has 2 aromatic rings. The highest BCUT2D eigenvalue weighted by Gasteiger charge is 2.45. The molecule has 5 nitrogen and oxygen atoms in total. The minimum absolute atomic E-state index is 0.105. The van der Waals surface area contributed by atoms with Crippen LogP contribution in [-0.4, -0.2) is 30.0 Å². The van der Waals surface area contributed by atoms with E-state index in [1.165, 1.54) is 0 Å². The molecule has 0 aliphatic rings. The fraction of sp³-hybridized carbons (Fsp3) is 0.364. The van der Waals surface area contributed by atoms with Crippen molar-refractivity contribution < 1.29 is 19.4 Å². The predicted octanol–water partition coefficient (Wildman–Crippen LogP) is 3.78. The van der Waals surface area contributed by atoms with Crippen molar-refractivity contribution in [2.45, 2.75) is 44.2 Å². The summed E-state index contributed by atoms with van der Waals surface area (Å²) >= 11 is 0. The number of ether oxygens (including phenoxy) is 1. The van der Waals surface area contributed by atoms with Crippen LogP contribution in [0.5, 0.6) is 5.75 Å². The summed E-state index contributed by atoms with van der Waals surface area (Å²) < 4.78 is 5.24. The summed E-state index contributed by atoms with van der Waals surface area (Å²) in [6, 6.07) is 17.0. The molecule has 2 unspecified atom stereocenters. The van der Waals surface area contributed by atoms with Gasteiger partial charge in [0.2, 0.25) is 0 Å². The number of aliphatic carboxylic acids is 1. The van der Waals surface area contributed by atoms with E-state index in [2.05, 4.69) is 5.32 Å². The van der Waals surface area contributed by atoms with E-state index in [0.29, 0.717) is 25.0 Å². The molecule has 0 fully saturated rings. The molecule has 0 heterocycles. The van der Waals surface area contributed by atoms with E-state index < -0.39 is 11.5 Å². The zero-order valence-electron chi connectivity index (χ0n) is 15.9. The molecule has 0 aliphatic carbocycles. The number of methoxy groups -OCH3 is 1. The van der Waals surface area contributed by atoms with E-state index in [0.717, 1.165) is 17.5 Å². The fourth-order valence-corrected chi connectivity index (χ4v) is 3.49. The zero-order chi connectivity index (χ0) is 19.7. The first kappa shape index (κ1) is 20.6. The lowest BCUT2D eigenvalue weighted by Crippen LogP contribution is -2.56. The molecule has 5 heteroatoms. The minimum Gasteiger partial charge on any atom is -0.497 e. The van der Waals surface area contributed by atoms with Crippen LogP contribution in [0.3, 0.4) is 0 Å². The average Bonchev–Trinajstić information content (AvgIpc) is 2.70. The number of rotatable bonds is 11. The van der Waals surface area contributed by atoms with E-state index >= 15 is 0 Å². The Morgan fingerprint density at radius 2 is 1.96 bits per heavy atom. The normalized spacial score (nSPS) is 14.1. The summed E-state index contributed by atoms with van der Waals surface area (Å²) in [5.74, 6) is -0.629. The lowest BCUT2D eigenvalue weighted by atomic mass is 9.74. The number of carbonyl (C=O) groups is 2. The van der Waals surface area contributed by atoms with Crippen molar-refractivity contribution in [3.63, 3.8) is 0 Å². The van der Waals surface area contributed by atoms with Crippen LogP contribution in [0.25, 0.3) is 0 Å². The van der Waals surface area contributed by atoms with Crippen LogP contribution in [0.15, 0.2) is 54.6 Å². The first-order valence-corrected chi connectivity index (χ1v) is 9.17. The summed E-state index contributed by atoms with van der Waals surface area (Å²) in [4.78, 5) is 23.9. The van der Waals surface area contributed by atoms with E-state index in [1.54, 1.807) is 7.11 Å². The van der Waals surface area contributed by atoms with Crippen molar-refractivity contribution in [3.05, 3.63) is 65.7 Å². The van der Waals surface area contributed by atoms with E-state index in [4.69, 9.17) is 4.74 Å². The number of nitrogens with one attached hydrogen (secondary N) is 1. The molecule has 0 aliphatic heterocycles. The molecule has 2 atom stereocenters. The quantitative estimate of drug-likeness (QED) is 0.590. The molecule has 0 saturated heterocycles. The number of hydrogen-bond donors (Lipinski definition) is 2. The minimum atomic E-state index is -1.37. The molecule has 0 radical (unpaired) electrons. The van der Waals surface area contributed by atoms with Gasteiger partial charge in [0.05, 0.1) is 7.11 Å². The van der Waals surface area contributed by atoms with Crippen LogP contribution in [0.2, 0.25) is 0 Å². The van der Waals surface area contributed by atoms with Gasteiger partial charge in [-0.05, 0) is 29.7 Å². The third kappa shape index (κ3) is 4.95. The Kier molecular flexibility index (Phi) is 7.55. The van der Waals surface area contributed by atoms with Crippen molar-refractivity contribution >= 4 is 12.3 Å². The Morgan fingerprint density at radius 1 is 1.22 bits per heavy atom. The van der Waals surface area contributed by atoms with Gasteiger partial charge >= 0.3 is 5.97 Å². The van der Waals surface area contributed by atoms with Gasteiger partial charge in [0.15, 0.2) is 0 Å². The number of carbonyl (C=O) groups excluding carboxylic acids is 1. The summed E-state index contributed by atoms with van der Waals surface area (Å²) in [6.45, 7) is 2.34. The average molecular weight is 369 g/mol. The maximum Gasteiger partial charge on any atom is 0.325 e. The molecule has 27 heavy (non-hydrogen) atoms. The molecule has 0 aromatic heterocycles. The van der Waals surface area contributed by atoms with E-state index in [-0.39, 0.29) is 12.3 Å². The number of hydrogen-bond acceptors (Lipinski definition) is 4. The van der Waals surface area contributed by atoms with Crippen molar-refractivity contribution in [2.24, 2.45) is 0 Å². The topological polar surface area (TPSA) is 75.6 Å². The second-order valence-corrected chi connectivity index (χ2v) is 6.60. The highest BCUT2D eigenvalue weighted by Crippen LogP contribution is 2.35. The number of aldehydes is 1. The highest BCUT2D eigenvalue weighted by atomic mass is 16.5. The second-order valence-electron chi connectivity index (χ2n) is 6.60. The molecule has 2 N–H and O–H groups in total. The first-order valence-electron chi connectivity index (χ1n) is 9.17. The van der Waals surface area contributed by atoms with Gasteiger partial charge in [-0.3, -0.25) is 10.1 Å².